The summed E-state index contributed by atoms with van der Waals surface area (Å²) in [5.74, 6) is 0.0211. The molecule has 1 aromatic heterocycles. The van der Waals surface area contributed by atoms with E-state index in [0.717, 1.165) is 12.1 Å². The van der Waals surface area contributed by atoms with Crippen LogP contribution in [0.25, 0.3) is 0 Å². The summed E-state index contributed by atoms with van der Waals surface area (Å²) in [6.45, 7) is 7.02. The van der Waals surface area contributed by atoms with Crippen molar-refractivity contribution in [2.45, 2.75) is 39.3 Å². The van der Waals surface area contributed by atoms with Crippen molar-refractivity contribution in [2.75, 3.05) is 6.54 Å². The van der Waals surface area contributed by atoms with Gasteiger partial charge in [-0.2, -0.15) is 5.10 Å². The van der Waals surface area contributed by atoms with E-state index in [1.807, 2.05) is 33.2 Å². The third-order valence-corrected chi connectivity index (χ3v) is 2.72. The van der Waals surface area contributed by atoms with Gasteiger partial charge >= 0.3 is 0 Å². The molecule has 1 aromatic rings. The standard InChI is InChI=1S/C12H22N4O/c1-5-12(2,3)14-11(17)9-13-8-10-6-7-16(4)15-10/h6-7,13H,5,8-9H2,1-4H3,(H,14,17). The Morgan fingerprint density at radius 3 is 2.76 bits per heavy atom. The van der Waals surface area contributed by atoms with E-state index in [0.29, 0.717) is 13.1 Å². The van der Waals surface area contributed by atoms with Gasteiger partial charge in [-0.3, -0.25) is 9.48 Å². The summed E-state index contributed by atoms with van der Waals surface area (Å²) < 4.78 is 1.75. The van der Waals surface area contributed by atoms with Crippen LogP contribution in [0, 0.1) is 0 Å². The van der Waals surface area contributed by atoms with Gasteiger partial charge in [0.1, 0.15) is 0 Å². The van der Waals surface area contributed by atoms with E-state index in [1.54, 1.807) is 4.68 Å². The van der Waals surface area contributed by atoms with Gasteiger partial charge < -0.3 is 10.6 Å². The molecule has 0 fully saturated rings. The minimum atomic E-state index is -0.135. The summed E-state index contributed by atoms with van der Waals surface area (Å²) in [5, 5.41) is 10.3. The van der Waals surface area contributed by atoms with Crippen LogP contribution >= 0.6 is 0 Å². The van der Waals surface area contributed by atoms with Crippen LogP contribution in [0.15, 0.2) is 12.3 Å². The lowest BCUT2D eigenvalue weighted by Gasteiger charge is -2.24. The number of amides is 1. The average Bonchev–Trinajstić information content (AvgIpc) is 2.63. The molecule has 0 unspecified atom stereocenters. The molecule has 0 atom stereocenters. The first-order chi connectivity index (χ1) is 7.93. The Hall–Kier alpha value is -1.36. The van der Waals surface area contributed by atoms with Gasteiger partial charge in [0.25, 0.3) is 0 Å². The summed E-state index contributed by atoms with van der Waals surface area (Å²) in [7, 11) is 1.87. The molecule has 2 N–H and O–H groups in total. The Labute approximate surface area is 103 Å². The maximum Gasteiger partial charge on any atom is 0.234 e. The maximum atomic E-state index is 11.6. The third kappa shape index (κ3) is 4.99. The number of carbonyl (C=O) groups excluding carboxylic acids is 1. The molecule has 0 aromatic carbocycles. The van der Waals surface area contributed by atoms with Crippen molar-refractivity contribution in [3.8, 4) is 0 Å². The van der Waals surface area contributed by atoms with Gasteiger partial charge in [0.2, 0.25) is 5.91 Å². The fourth-order valence-corrected chi connectivity index (χ4v) is 1.37. The molecule has 0 aliphatic heterocycles. The molecule has 17 heavy (non-hydrogen) atoms. The van der Waals surface area contributed by atoms with Crippen LogP contribution in [-0.4, -0.2) is 27.8 Å². The van der Waals surface area contributed by atoms with E-state index in [9.17, 15) is 4.79 Å². The highest BCUT2D eigenvalue weighted by molar-refractivity contribution is 5.78. The Kier molecular flexibility index (Phi) is 4.69. The van der Waals surface area contributed by atoms with Gasteiger partial charge in [-0.1, -0.05) is 6.92 Å². The first-order valence-corrected chi connectivity index (χ1v) is 5.93. The van der Waals surface area contributed by atoms with Crippen LogP contribution in [0.3, 0.4) is 0 Å². The predicted octanol–water partition coefficient (Wildman–Crippen LogP) is 0.814. The molecule has 0 saturated heterocycles. The zero-order valence-electron chi connectivity index (χ0n) is 11.1. The van der Waals surface area contributed by atoms with Gasteiger partial charge in [-0.25, -0.2) is 0 Å². The number of nitrogens with zero attached hydrogens (tertiary/aromatic N) is 2. The SMILES string of the molecule is CCC(C)(C)NC(=O)CNCc1ccn(C)n1. The predicted molar refractivity (Wildman–Crippen MR) is 67.4 cm³/mol. The van der Waals surface area contributed by atoms with Crippen molar-refractivity contribution < 1.29 is 4.79 Å². The second kappa shape index (κ2) is 5.82. The highest BCUT2D eigenvalue weighted by Crippen LogP contribution is 2.05. The molecule has 0 bridgehead atoms. The molecule has 0 radical (unpaired) electrons. The number of nitrogens with one attached hydrogen (secondary N) is 2. The Morgan fingerprint density at radius 1 is 1.53 bits per heavy atom. The van der Waals surface area contributed by atoms with Crippen molar-refractivity contribution in [1.82, 2.24) is 20.4 Å². The average molecular weight is 238 g/mol. The number of carbonyl (C=O) groups is 1. The van der Waals surface area contributed by atoms with Crippen molar-refractivity contribution >= 4 is 5.91 Å². The second-order valence-electron chi connectivity index (χ2n) is 4.87. The van der Waals surface area contributed by atoms with Gasteiger partial charge in [0.05, 0.1) is 12.2 Å². The molecule has 5 nitrogen and oxygen atoms in total. The summed E-state index contributed by atoms with van der Waals surface area (Å²) >= 11 is 0. The molecular weight excluding hydrogens is 216 g/mol. The van der Waals surface area contributed by atoms with Crippen LogP contribution in [0.1, 0.15) is 32.9 Å². The van der Waals surface area contributed by atoms with E-state index in [2.05, 4.69) is 22.7 Å². The number of aromatic nitrogens is 2. The van der Waals surface area contributed by atoms with Crippen LogP contribution in [-0.2, 0) is 18.4 Å². The molecule has 96 valence electrons. The molecule has 5 heteroatoms. The van der Waals surface area contributed by atoms with Crippen LogP contribution < -0.4 is 10.6 Å². The molecule has 1 amide bonds. The molecule has 1 rings (SSSR count). The zero-order chi connectivity index (χ0) is 12.9. The van der Waals surface area contributed by atoms with E-state index < -0.39 is 0 Å². The highest BCUT2D eigenvalue weighted by Gasteiger charge is 2.17. The lowest BCUT2D eigenvalue weighted by molar-refractivity contribution is -0.121. The van der Waals surface area contributed by atoms with Crippen molar-refractivity contribution in [3.63, 3.8) is 0 Å². The zero-order valence-corrected chi connectivity index (χ0v) is 11.1. The van der Waals surface area contributed by atoms with Crippen LogP contribution in [0.4, 0.5) is 0 Å². The summed E-state index contributed by atoms with van der Waals surface area (Å²) in [4.78, 5) is 11.6. The Balaban J connectivity index is 2.25. The fourth-order valence-electron chi connectivity index (χ4n) is 1.37. The number of aryl methyl sites for hydroxylation is 1. The van der Waals surface area contributed by atoms with Crippen molar-refractivity contribution in [1.29, 1.82) is 0 Å². The van der Waals surface area contributed by atoms with E-state index in [1.165, 1.54) is 0 Å². The third-order valence-electron chi connectivity index (χ3n) is 2.72. The van der Waals surface area contributed by atoms with Gasteiger partial charge in [0, 0.05) is 25.3 Å². The number of hydrogen-bond donors (Lipinski definition) is 2. The maximum absolute atomic E-state index is 11.6. The molecule has 0 spiro atoms. The first-order valence-electron chi connectivity index (χ1n) is 5.93. The quantitative estimate of drug-likeness (QED) is 0.771. The molecule has 0 saturated carbocycles. The highest BCUT2D eigenvalue weighted by atomic mass is 16.2. The summed E-state index contributed by atoms with van der Waals surface area (Å²) in [6, 6.07) is 1.93. The second-order valence-corrected chi connectivity index (χ2v) is 4.87. The van der Waals surface area contributed by atoms with Crippen molar-refractivity contribution in [3.05, 3.63) is 18.0 Å². The minimum absolute atomic E-state index is 0.0211. The molecule has 1 heterocycles. The smallest absolute Gasteiger partial charge is 0.234 e. The largest absolute Gasteiger partial charge is 0.350 e. The first kappa shape index (κ1) is 13.7. The molecule has 0 aliphatic rings. The van der Waals surface area contributed by atoms with E-state index in [-0.39, 0.29) is 11.4 Å². The van der Waals surface area contributed by atoms with E-state index in [4.69, 9.17) is 0 Å². The van der Waals surface area contributed by atoms with Gasteiger partial charge in [0.15, 0.2) is 0 Å². The Morgan fingerprint density at radius 2 is 2.24 bits per heavy atom. The van der Waals surface area contributed by atoms with Gasteiger partial charge in [-0.05, 0) is 26.3 Å². The van der Waals surface area contributed by atoms with Crippen LogP contribution in [0.5, 0.6) is 0 Å². The van der Waals surface area contributed by atoms with Crippen LogP contribution in [0.2, 0.25) is 0 Å². The monoisotopic (exact) mass is 238 g/mol. The lowest BCUT2D eigenvalue weighted by Crippen LogP contribution is -2.46. The normalized spacial score (nSPS) is 11.5. The summed E-state index contributed by atoms with van der Waals surface area (Å²) in [6.07, 6.45) is 2.80. The number of hydrogen-bond acceptors (Lipinski definition) is 3. The van der Waals surface area contributed by atoms with Crippen molar-refractivity contribution in [2.24, 2.45) is 7.05 Å². The Bertz CT molecular complexity index is 370. The van der Waals surface area contributed by atoms with E-state index >= 15 is 0 Å². The molecular formula is C12H22N4O. The topological polar surface area (TPSA) is 59.0 Å². The summed E-state index contributed by atoms with van der Waals surface area (Å²) in [5.41, 5.74) is 0.805. The fraction of sp³-hybridized carbons (Fsp3) is 0.667. The van der Waals surface area contributed by atoms with Gasteiger partial charge in [-0.15, -0.1) is 0 Å². The lowest BCUT2D eigenvalue weighted by atomic mass is 10.0. The molecule has 0 aliphatic carbocycles. The minimum Gasteiger partial charge on any atom is -0.350 e. The number of rotatable bonds is 6.